The fourth-order valence-corrected chi connectivity index (χ4v) is 5.14. The molecule has 3 aromatic carbocycles. The van der Waals surface area contributed by atoms with E-state index in [0.29, 0.717) is 0 Å². The van der Waals surface area contributed by atoms with Crippen molar-refractivity contribution in [3.63, 3.8) is 0 Å². The van der Waals surface area contributed by atoms with Gasteiger partial charge in [-0.25, -0.2) is 4.21 Å². The molecule has 1 aromatic heterocycles. The molecule has 0 bridgehead atoms. The zero-order valence-corrected chi connectivity index (χ0v) is 14.5. The minimum atomic E-state index is -2.48. The molecule has 0 radical (unpaired) electrons. The molecule has 3 nitrogen and oxygen atoms in total. The highest BCUT2D eigenvalue weighted by molar-refractivity contribution is 7.93. The maximum atomic E-state index is 13.3. The third-order valence-corrected chi connectivity index (χ3v) is 6.38. The number of nitrogens with zero attached hydrogens (tertiary/aromatic N) is 2. The van der Waals surface area contributed by atoms with Crippen molar-refractivity contribution in [2.75, 3.05) is 6.26 Å². The minimum Gasteiger partial charge on any atom is -0.293 e. The van der Waals surface area contributed by atoms with Crippen molar-refractivity contribution in [2.24, 2.45) is 4.36 Å². The lowest BCUT2D eigenvalue weighted by atomic mass is 10.0. The molecule has 4 heteroatoms. The van der Waals surface area contributed by atoms with Crippen LogP contribution in [-0.2, 0) is 9.73 Å². The average Bonchev–Trinajstić information content (AvgIpc) is 2.96. The van der Waals surface area contributed by atoms with Crippen LogP contribution in [0.5, 0.6) is 0 Å². The van der Waals surface area contributed by atoms with Crippen LogP contribution in [0.1, 0.15) is 0 Å². The molecule has 0 saturated heterocycles. The van der Waals surface area contributed by atoms with Gasteiger partial charge in [0.15, 0.2) is 5.82 Å². The summed E-state index contributed by atoms with van der Waals surface area (Å²) in [6, 6.07) is 26.3. The van der Waals surface area contributed by atoms with Crippen LogP contribution in [0.3, 0.4) is 0 Å². The van der Waals surface area contributed by atoms with Crippen LogP contribution in [0.2, 0.25) is 0 Å². The van der Waals surface area contributed by atoms with E-state index in [1.807, 2.05) is 54.6 Å². The van der Waals surface area contributed by atoms with Crippen molar-refractivity contribution in [1.29, 1.82) is 0 Å². The van der Waals surface area contributed by atoms with Crippen molar-refractivity contribution in [3.8, 4) is 16.8 Å². The van der Waals surface area contributed by atoms with Gasteiger partial charge < -0.3 is 0 Å². The van der Waals surface area contributed by atoms with Gasteiger partial charge in [-0.1, -0.05) is 54.6 Å². The molecule has 122 valence electrons. The highest BCUT2D eigenvalue weighted by Crippen LogP contribution is 2.48. The summed E-state index contributed by atoms with van der Waals surface area (Å²) in [7, 11) is -2.48. The van der Waals surface area contributed by atoms with Crippen LogP contribution in [0.25, 0.3) is 27.7 Å². The molecule has 1 unspecified atom stereocenters. The Bertz CT molecular complexity index is 1210. The average molecular weight is 344 g/mol. The fourth-order valence-electron chi connectivity index (χ4n) is 3.63. The van der Waals surface area contributed by atoms with Gasteiger partial charge in [0.05, 0.1) is 20.1 Å². The summed E-state index contributed by atoms with van der Waals surface area (Å²) in [6.07, 6.45) is 1.72. The summed E-state index contributed by atoms with van der Waals surface area (Å²) in [5.74, 6) is 0.776. The fraction of sp³-hybridized carbons (Fsp3) is 0.0476. The second-order valence-electron chi connectivity index (χ2n) is 6.28. The molecule has 2 heterocycles. The molecule has 0 spiro atoms. The Kier molecular flexibility index (Phi) is 2.94. The second-order valence-corrected chi connectivity index (χ2v) is 8.50. The molecular formula is C21H16N2OS. The van der Waals surface area contributed by atoms with E-state index >= 15 is 0 Å². The van der Waals surface area contributed by atoms with Gasteiger partial charge in [0.2, 0.25) is 0 Å². The topological polar surface area (TPSA) is 34.4 Å². The van der Waals surface area contributed by atoms with E-state index < -0.39 is 9.73 Å². The van der Waals surface area contributed by atoms with Crippen LogP contribution in [0, 0.1) is 0 Å². The standard InChI is InChI=1S/C21H16N2OS/c1-25(24)19-14-8-6-12-17(19)20-16-11-5-7-13-18(16)23(21(20)22-25)15-9-3-2-4-10-15/h2-14H,1H3. The molecule has 0 fully saturated rings. The number of hydrogen-bond acceptors (Lipinski definition) is 2. The van der Waals surface area contributed by atoms with E-state index in [-0.39, 0.29) is 0 Å². The molecule has 25 heavy (non-hydrogen) atoms. The zero-order valence-electron chi connectivity index (χ0n) is 13.7. The lowest BCUT2D eigenvalue weighted by Gasteiger charge is -2.18. The number of fused-ring (bicyclic) bond motifs is 5. The number of hydrogen-bond donors (Lipinski definition) is 0. The highest BCUT2D eigenvalue weighted by Gasteiger charge is 2.28. The summed E-state index contributed by atoms with van der Waals surface area (Å²) in [4.78, 5) is 0.818. The maximum Gasteiger partial charge on any atom is 0.156 e. The largest absolute Gasteiger partial charge is 0.293 e. The smallest absolute Gasteiger partial charge is 0.156 e. The number of rotatable bonds is 1. The van der Waals surface area contributed by atoms with Crippen molar-refractivity contribution in [1.82, 2.24) is 4.57 Å². The van der Waals surface area contributed by atoms with Crippen LogP contribution in [0.15, 0.2) is 88.1 Å². The SMILES string of the molecule is CS1(=O)=Nc2c(c3ccccc3n2-c2ccccc2)-c2ccccc21. The number of benzene rings is 3. The van der Waals surface area contributed by atoms with E-state index in [0.717, 1.165) is 38.4 Å². The Balaban J connectivity index is 2.03. The monoisotopic (exact) mass is 344 g/mol. The first kappa shape index (κ1) is 14.5. The molecular weight excluding hydrogens is 328 g/mol. The van der Waals surface area contributed by atoms with E-state index in [2.05, 4.69) is 28.8 Å². The van der Waals surface area contributed by atoms with Gasteiger partial charge in [0.25, 0.3) is 0 Å². The number of para-hydroxylation sites is 2. The lowest BCUT2D eigenvalue weighted by Crippen LogP contribution is -2.05. The van der Waals surface area contributed by atoms with Crippen LogP contribution in [-0.4, -0.2) is 15.0 Å². The molecule has 0 N–H and O–H groups in total. The third kappa shape index (κ3) is 2.01. The molecule has 1 aliphatic rings. The zero-order chi connectivity index (χ0) is 17.0. The van der Waals surface area contributed by atoms with Gasteiger partial charge in [-0.2, -0.15) is 4.36 Å². The minimum absolute atomic E-state index is 0.776. The highest BCUT2D eigenvalue weighted by atomic mass is 32.2. The van der Waals surface area contributed by atoms with Gasteiger partial charge >= 0.3 is 0 Å². The van der Waals surface area contributed by atoms with Crippen molar-refractivity contribution >= 4 is 26.4 Å². The van der Waals surface area contributed by atoms with E-state index in [9.17, 15) is 4.21 Å². The molecule has 1 atom stereocenters. The molecule has 4 aromatic rings. The molecule has 1 aliphatic heterocycles. The summed E-state index contributed by atoms with van der Waals surface area (Å²) in [5.41, 5.74) is 4.19. The Hall–Kier alpha value is -2.85. The predicted molar refractivity (Wildman–Crippen MR) is 103 cm³/mol. The number of aromatic nitrogens is 1. The maximum absolute atomic E-state index is 13.3. The predicted octanol–water partition coefficient (Wildman–Crippen LogP) is 5.40. The van der Waals surface area contributed by atoms with Crippen molar-refractivity contribution < 1.29 is 4.21 Å². The van der Waals surface area contributed by atoms with Gasteiger partial charge in [0.1, 0.15) is 0 Å². The van der Waals surface area contributed by atoms with E-state index in [1.165, 1.54) is 0 Å². The molecule has 0 saturated carbocycles. The van der Waals surface area contributed by atoms with Gasteiger partial charge in [-0.05, 0) is 24.3 Å². The Morgan fingerprint density at radius 3 is 2.36 bits per heavy atom. The van der Waals surface area contributed by atoms with E-state index in [1.54, 1.807) is 6.26 Å². The van der Waals surface area contributed by atoms with E-state index in [4.69, 9.17) is 4.36 Å². The van der Waals surface area contributed by atoms with Crippen LogP contribution in [0.4, 0.5) is 5.82 Å². The van der Waals surface area contributed by atoms with Crippen molar-refractivity contribution in [3.05, 3.63) is 78.9 Å². The van der Waals surface area contributed by atoms with Crippen molar-refractivity contribution in [2.45, 2.75) is 4.90 Å². The summed E-state index contributed by atoms with van der Waals surface area (Å²) >= 11 is 0. The van der Waals surface area contributed by atoms with Crippen LogP contribution < -0.4 is 0 Å². The first-order valence-electron chi connectivity index (χ1n) is 8.17. The van der Waals surface area contributed by atoms with Gasteiger partial charge in [0, 0.05) is 28.5 Å². The Morgan fingerprint density at radius 1 is 0.840 bits per heavy atom. The quantitative estimate of drug-likeness (QED) is 0.455. The van der Waals surface area contributed by atoms with Gasteiger partial charge in [-0.3, -0.25) is 4.57 Å². The molecule has 5 rings (SSSR count). The first-order valence-corrected chi connectivity index (χ1v) is 10.1. The first-order chi connectivity index (χ1) is 12.2. The Labute approximate surface area is 146 Å². The summed E-state index contributed by atoms with van der Waals surface area (Å²) in [5, 5.41) is 1.13. The lowest BCUT2D eigenvalue weighted by molar-refractivity contribution is 0.680. The summed E-state index contributed by atoms with van der Waals surface area (Å²) in [6.45, 7) is 0. The summed E-state index contributed by atoms with van der Waals surface area (Å²) < 4.78 is 20.1. The Morgan fingerprint density at radius 2 is 1.52 bits per heavy atom. The third-order valence-electron chi connectivity index (χ3n) is 4.69. The second kappa shape index (κ2) is 5.07. The van der Waals surface area contributed by atoms with Crippen LogP contribution >= 0.6 is 0 Å². The molecule has 0 amide bonds. The normalized spacial score (nSPS) is 18.4. The van der Waals surface area contributed by atoms with Gasteiger partial charge in [-0.15, -0.1) is 0 Å². The molecule has 0 aliphatic carbocycles.